The fourth-order valence-corrected chi connectivity index (χ4v) is 5.07. The van der Waals surface area contributed by atoms with Crippen molar-refractivity contribution < 1.29 is 8.78 Å². The molecule has 25 heavy (non-hydrogen) atoms. The van der Waals surface area contributed by atoms with Crippen LogP contribution in [0.1, 0.15) is 101 Å². The van der Waals surface area contributed by atoms with Crippen LogP contribution in [0.5, 0.6) is 0 Å². The van der Waals surface area contributed by atoms with Crippen molar-refractivity contribution in [1.29, 1.82) is 0 Å². The standard InChI is InChI=1S/C23H34F2/c24-22-16-15-21(17-23(22)25)20-13-11-19(12-14-20)8-4-2-1-3-7-18-9-5-6-10-18/h15-20H,1-14H2/t19-,20-. The second-order valence-corrected chi connectivity index (χ2v) is 8.53. The predicted molar refractivity (Wildman–Crippen MR) is 101 cm³/mol. The van der Waals surface area contributed by atoms with Crippen molar-refractivity contribution >= 4 is 0 Å². The van der Waals surface area contributed by atoms with Crippen LogP contribution in [0.4, 0.5) is 8.78 Å². The molecule has 0 heterocycles. The Morgan fingerprint density at radius 3 is 1.88 bits per heavy atom. The molecule has 0 nitrogen and oxygen atoms in total. The molecule has 2 saturated carbocycles. The summed E-state index contributed by atoms with van der Waals surface area (Å²) in [6.07, 6.45) is 19.2. The molecule has 0 spiro atoms. The van der Waals surface area contributed by atoms with E-state index in [0.717, 1.165) is 30.2 Å². The highest BCUT2D eigenvalue weighted by Gasteiger charge is 2.22. The van der Waals surface area contributed by atoms with Gasteiger partial charge in [-0.2, -0.15) is 0 Å². The van der Waals surface area contributed by atoms with E-state index in [1.807, 2.05) is 0 Å². The minimum atomic E-state index is -0.731. The average Bonchev–Trinajstić information content (AvgIpc) is 3.14. The second-order valence-electron chi connectivity index (χ2n) is 8.53. The fourth-order valence-electron chi connectivity index (χ4n) is 5.07. The Kier molecular flexibility index (Phi) is 7.31. The third-order valence-corrected chi connectivity index (χ3v) is 6.71. The first-order valence-corrected chi connectivity index (χ1v) is 10.7. The first kappa shape index (κ1) is 18.9. The van der Waals surface area contributed by atoms with Gasteiger partial charge in [0.15, 0.2) is 11.6 Å². The number of halogens is 2. The molecule has 0 amide bonds. The monoisotopic (exact) mass is 348 g/mol. The summed E-state index contributed by atoms with van der Waals surface area (Å²) in [5.41, 5.74) is 0.990. The number of unbranched alkanes of at least 4 members (excludes halogenated alkanes) is 3. The Bertz CT molecular complexity index is 511. The SMILES string of the molecule is Fc1ccc([C@H]2CC[C@H](CCCCCCC3CCCC3)CC2)cc1F. The summed E-state index contributed by atoms with van der Waals surface area (Å²) >= 11 is 0. The molecule has 2 aliphatic rings. The van der Waals surface area contributed by atoms with Gasteiger partial charge in [-0.15, -0.1) is 0 Å². The van der Waals surface area contributed by atoms with Gasteiger partial charge in [0.25, 0.3) is 0 Å². The first-order valence-electron chi connectivity index (χ1n) is 10.7. The third kappa shape index (κ3) is 5.79. The summed E-state index contributed by atoms with van der Waals surface area (Å²) < 4.78 is 26.5. The van der Waals surface area contributed by atoms with E-state index in [9.17, 15) is 8.78 Å². The van der Waals surface area contributed by atoms with E-state index in [4.69, 9.17) is 0 Å². The molecule has 2 aliphatic carbocycles. The molecule has 0 atom stereocenters. The smallest absolute Gasteiger partial charge is 0.159 e. The van der Waals surface area contributed by atoms with E-state index in [2.05, 4.69) is 0 Å². The zero-order valence-corrected chi connectivity index (χ0v) is 15.6. The maximum atomic E-state index is 13.4. The average molecular weight is 349 g/mol. The summed E-state index contributed by atoms with van der Waals surface area (Å²) in [6, 6.07) is 4.46. The number of hydrogen-bond acceptors (Lipinski definition) is 0. The molecule has 2 heteroatoms. The van der Waals surface area contributed by atoms with E-state index in [0.29, 0.717) is 5.92 Å². The maximum Gasteiger partial charge on any atom is 0.159 e. The molecule has 0 saturated heterocycles. The highest BCUT2D eigenvalue weighted by atomic mass is 19.2. The molecule has 140 valence electrons. The molecular weight excluding hydrogens is 314 g/mol. The molecular formula is C23H34F2. The van der Waals surface area contributed by atoms with Crippen LogP contribution >= 0.6 is 0 Å². The molecule has 0 aromatic heterocycles. The fraction of sp³-hybridized carbons (Fsp3) is 0.739. The van der Waals surface area contributed by atoms with Crippen molar-refractivity contribution in [3.8, 4) is 0 Å². The van der Waals surface area contributed by atoms with Crippen molar-refractivity contribution in [2.75, 3.05) is 0 Å². The van der Waals surface area contributed by atoms with Gasteiger partial charge in [0.05, 0.1) is 0 Å². The Morgan fingerprint density at radius 1 is 0.680 bits per heavy atom. The Hall–Kier alpha value is -0.920. The number of rotatable bonds is 8. The Balaban J connectivity index is 1.27. The molecule has 0 bridgehead atoms. The first-order chi connectivity index (χ1) is 12.2. The van der Waals surface area contributed by atoms with Gasteiger partial charge in [0, 0.05) is 0 Å². The molecule has 0 unspecified atom stereocenters. The van der Waals surface area contributed by atoms with Crippen LogP contribution in [0.15, 0.2) is 18.2 Å². The molecule has 2 fully saturated rings. The molecule has 1 aromatic rings. The lowest BCUT2D eigenvalue weighted by Gasteiger charge is -2.29. The molecule has 1 aromatic carbocycles. The van der Waals surface area contributed by atoms with E-state index in [1.165, 1.54) is 89.2 Å². The van der Waals surface area contributed by atoms with E-state index < -0.39 is 11.6 Å². The van der Waals surface area contributed by atoms with Crippen molar-refractivity contribution in [3.63, 3.8) is 0 Å². The largest absolute Gasteiger partial charge is 0.204 e. The number of hydrogen-bond donors (Lipinski definition) is 0. The van der Waals surface area contributed by atoms with Crippen LogP contribution in [-0.4, -0.2) is 0 Å². The van der Waals surface area contributed by atoms with E-state index in [1.54, 1.807) is 6.07 Å². The minimum Gasteiger partial charge on any atom is -0.204 e. The minimum absolute atomic E-state index is 0.428. The van der Waals surface area contributed by atoms with Crippen LogP contribution in [0.25, 0.3) is 0 Å². The van der Waals surface area contributed by atoms with Gasteiger partial charge in [-0.05, 0) is 61.1 Å². The molecule has 0 aliphatic heterocycles. The van der Waals surface area contributed by atoms with E-state index in [-0.39, 0.29) is 0 Å². The van der Waals surface area contributed by atoms with Gasteiger partial charge in [0.1, 0.15) is 0 Å². The van der Waals surface area contributed by atoms with Crippen LogP contribution in [0.2, 0.25) is 0 Å². The lowest BCUT2D eigenvalue weighted by Crippen LogP contribution is -2.13. The second kappa shape index (κ2) is 9.69. The third-order valence-electron chi connectivity index (χ3n) is 6.71. The summed E-state index contributed by atoms with van der Waals surface area (Å²) in [4.78, 5) is 0. The predicted octanol–water partition coefficient (Wildman–Crippen LogP) is 7.77. The summed E-state index contributed by atoms with van der Waals surface area (Å²) in [6.45, 7) is 0. The van der Waals surface area contributed by atoms with Crippen molar-refractivity contribution in [2.45, 2.75) is 95.8 Å². The zero-order chi connectivity index (χ0) is 17.5. The molecule has 0 radical (unpaired) electrons. The van der Waals surface area contributed by atoms with Crippen LogP contribution < -0.4 is 0 Å². The maximum absolute atomic E-state index is 13.4. The Morgan fingerprint density at radius 2 is 1.28 bits per heavy atom. The normalized spacial score (nSPS) is 24.7. The van der Waals surface area contributed by atoms with Gasteiger partial charge < -0.3 is 0 Å². The molecule has 3 rings (SSSR count). The highest BCUT2D eigenvalue weighted by molar-refractivity contribution is 5.22. The van der Waals surface area contributed by atoms with Gasteiger partial charge >= 0.3 is 0 Å². The van der Waals surface area contributed by atoms with Crippen LogP contribution in [0.3, 0.4) is 0 Å². The van der Waals surface area contributed by atoms with Crippen molar-refractivity contribution in [2.24, 2.45) is 11.8 Å². The lowest BCUT2D eigenvalue weighted by atomic mass is 9.77. The van der Waals surface area contributed by atoms with Crippen LogP contribution in [-0.2, 0) is 0 Å². The van der Waals surface area contributed by atoms with Crippen molar-refractivity contribution in [3.05, 3.63) is 35.4 Å². The highest BCUT2D eigenvalue weighted by Crippen LogP contribution is 2.38. The zero-order valence-electron chi connectivity index (χ0n) is 15.6. The van der Waals surface area contributed by atoms with E-state index >= 15 is 0 Å². The molecule has 0 N–H and O–H groups in total. The summed E-state index contributed by atoms with van der Waals surface area (Å²) in [7, 11) is 0. The Labute approximate surface area is 152 Å². The van der Waals surface area contributed by atoms with Crippen LogP contribution in [0, 0.1) is 23.5 Å². The summed E-state index contributed by atoms with van der Waals surface area (Å²) in [5.74, 6) is 0.906. The number of benzene rings is 1. The van der Waals surface area contributed by atoms with Gasteiger partial charge in [-0.1, -0.05) is 70.3 Å². The lowest BCUT2D eigenvalue weighted by molar-refractivity contribution is 0.300. The van der Waals surface area contributed by atoms with Gasteiger partial charge in [0.2, 0.25) is 0 Å². The summed E-state index contributed by atoms with van der Waals surface area (Å²) in [5, 5.41) is 0. The quantitative estimate of drug-likeness (QED) is 0.421. The topological polar surface area (TPSA) is 0 Å². The van der Waals surface area contributed by atoms with Crippen molar-refractivity contribution in [1.82, 2.24) is 0 Å². The van der Waals surface area contributed by atoms with Gasteiger partial charge in [-0.25, -0.2) is 8.78 Å². The van der Waals surface area contributed by atoms with Gasteiger partial charge in [-0.3, -0.25) is 0 Å².